The Morgan fingerprint density at radius 1 is 1.08 bits per heavy atom. The lowest BCUT2D eigenvalue weighted by molar-refractivity contribution is -0.181. The van der Waals surface area contributed by atoms with E-state index in [2.05, 4.69) is 4.90 Å². The number of amides is 1. The van der Waals surface area contributed by atoms with Crippen LogP contribution in [0.1, 0.15) is 41.8 Å². The number of carbonyl (C=O) groups excluding carboxylic acids is 5. The summed E-state index contributed by atoms with van der Waals surface area (Å²) in [6.45, 7) is 5.83. The zero-order chi connectivity index (χ0) is 29.1. The number of hydrogen-bond acceptors (Lipinski definition) is 10. The van der Waals surface area contributed by atoms with Crippen LogP contribution in [0.5, 0.6) is 5.75 Å². The van der Waals surface area contributed by atoms with Crippen LogP contribution in [0.4, 0.5) is 5.69 Å². The number of aliphatic hydroxyl groups is 1. The molecule has 1 aromatic carbocycles. The number of carbonyl (C=O) groups is 5. The lowest BCUT2D eigenvalue weighted by atomic mass is 9.52. The zero-order valence-electron chi connectivity index (χ0n) is 23.4. The SMILES string of the molecule is CCN(CC)Cc1cc(N(C)C)c2c(c1O)C(=O)C1C(=O)[C@]3(O)C(=O)C(C(N)=O)C(=O)C(N(C)C)[C@@H]3C[C@@H]1C2. The predicted molar refractivity (Wildman–Crippen MR) is 142 cm³/mol. The van der Waals surface area contributed by atoms with Crippen molar-refractivity contribution in [2.75, 3.05) is 46.2 Å². The molecule has 0 aromatic heterocycles. The maximum atomic E-state index is 14.0. The maximum Gasteiger partial charge on any atom is 0.235 e. The number of ketones is 4. The summed E-state index contributed by atoms with van der Waals surface area (Å²) < 4.78 is 0. The van der Waals surface area contributed by atoms with E-state index in [1.54, 1.807) is 14.1 Å². The van der Waals surface area contributed by atoms with Crippen molar-refractivity contribution in [2.24, 2.45) is 29.4 Å². The van der Waals surface area contributed by atoms with Gasteiger partial charge in [0.15, 0.2) is 34.7 Å². The van der Waals surface area contributed by atoms with Gasteiger partial charge in [-0.15, -0.1) is 0 Å². The first-order chi connectivity index (χ1) is 18.2. The number of aromatic hydroxyl groups is 1. The standard InChI is InChI=1S/C28H38N4O7/c1-7-32(8-2)12-14-11-17(30(3)4)15-9-13-10-16-21(31(5)6)24(35)20(27(29)38)26(37)28(16,39)25(36)18(13)23(34)19(15)22(14)33/h11,13,16,18,20-21,33,39H,7-10,12H2,1-6H3,(H2,29,38)/t13-,16-,18?,20?,21?,28-/m0/s1. The molecule has 0 spiro atoms. The average Bonchev–Trinajstić information content (AvgIpc) is 2.85. The minimum Gasteiger partial charge on any atom is -0.507 e. The lowest BCUT2D eigenvalue weighted by Gasteiger charge is -2.52. The number of benzene rings is 1. The smallest absolute Gasteiger partial charge is 0.235 e. The highest BCUT2D eigenvalue weighted by atomic mass is 16.3. The van der Waals surface area contributed by atoms with Gasteiger partial charge in [-0.3, -0.25) is 33.8 Å². The Kier molecular flexibility index (Phi) is 7.48. The summed E-state index contributed by atoms with van der Waals surface area (Å²) in [6.07, 6.45) is 0.261. The van der Waals surface area contributed by atoms with Crippen molar-refractivity contribution < 1.29 is 34.2 Å². The first-order valence-corrected chi connectivity index (χ1v) is 13.3. The molecule has 1 amide bonds. The third-order valence-corrected chi connectivity index (χ3v) is 8.89. The average molecular weight is 543 g/mol. The third kappa shape index (κ3) is 4.18. The van der Waals surface area contributed by atoms with E-state index in [0.717, 1.165) is 18.8 Å². The molecule has 3 aliphatic carbocycles. The van der Waals surface area contributed by atoms with Gasteiger partial charge in [-0.1, -0.05) is 13.8 Å². The number of primary amides is 1. The summed E-state index contributed by atoms with van der Waals surface area (Å²) in [5.74, 6) is -10.3. The van der Waals surface area contributed by atoms with E-state index in [9.17, 15) is 34.2 Å². The van der Waals surface area contributed by atoms with Crippen molar-refractivity contribution >= 4 is 34.7 Å². The number of phenolic OH excluding ortho intramolecular Hbond substituents is 1. The van der Waals surface area contributed by atoms with Crippen LogP contribution in [0.25, 0.3) is 0 Å². The molecule has 3 aliphatic rings. The number of hydrogen-bond donors (Lipinski definition) is 3. The van der Waals surface area contributed by atoms with Crippen molar-refractivity contribution in [1.82, 2.24) is 9.80 Å². The number of Topliss-reactive ketones (excluding diaryl/α,β-unsaturated/α-hetero) is 4. The molecule has 4 rings (SSSR count). The summed E-state index contributed by atoms with van der Waals surface area (Å²) in [6, 6.07) is 0.735. The minimum absolute atomic E-state index is 0.0231. The highest BCUT2D eigenvalue weighted by Crippen LogP contribution is 2.52. The second kappa shape index (κ2) is 10.1. The number of anilines is 1. The van der Waals surface area contributed by atoms with Crippen molar-refractivity contribution in [3.05, 3.63) is 22.8 Å². The van der Waals surface area contributed by atoms with Crippen LogP contribution < -0.4 is 10.6 Å². The summed E-state index contributed by atoms with van der Waals surface area (Å²) in [7, 11) is 6.79. The van der Waals surface area contributed by atoms with Gasteiger partial charge in [0.25, 0.3) is 0 Å². The molecule has 11 nitrogen and oxygen atoms in total. The first-order valence-electron chi connectivity index (χ1n) is 13.3. The molecule has 0 bridgehead atoms. The fourth-order valence-corrected chi connectivity index (χ4v) is 6.91. The Morgan fingerprint density at radius 2 is 1.69 bits per heavy atom. The molecule has 11 heteroatoms. The highest BCUT2D eigenvalue weighted by Gasteiger charge is 2.69. The van der Waals surface area contributed by atoms with Crippen LogP contribution in [0.15, 0.2) is 6.07 Å². The van der Waals surface area contributed by atoms with E-state index < -0.39 is 64.4 Å². The van der Waals surface area contributed by atoms with Crippen LogP contribution in [0, 0.1) is 23.7 Å². The van der Waals surface area contributed by atoms with E-state index in [1.165, 1.54) is 4.90 Å². The van der Waals surface area contributed by atoms with Crippen LogP contribution in [-0.4, -0.2) is 102 Å². The Morgan fingerprint density at radius 3 is 2.21 bits per heavy atom. The van der Waals surface area contributed by atoms with Crippen molar-refractivity contribution in [3.63, 3.8) is 0 Å². The Labute approximate surface area is 227 Å². The quantitative estimate of drug-likeness (QED) is 0.393. The summed E-state index contributed by atoms with van der Waals surface area (Å²) >= 11 is 0. The molecular weight excluding hydrogens is 504 g/mol. The van der Waals surface area contributed by atoms with Crippen LogP contribution >= 0.6 is 0 Å². The molecule has 212 valence electrons. The highest BCUT2D eigenvalue weighted by molar-refractivity contribution is 6.32. The molecule has 0 aliphatic heterocycles. The van der Waals surface area contributed by atoms with Gasteiger partial charge < -0.3 is 20.8 Å². The summed E-state index contributed by atoms with van der Waals surface area (Å²) in [5.41, 5.74) is 4.53. The number of likely N-dealkylation sites (N-methyl/N-ethyl adjacent to an activating group) is 1. The molecule has 0 radical (unpaired) electrons. The summed E-state index contributed by atoms with van der Waals surface area (Å²) in [4.78, 5) is 72.2. The molecule has 4 N–H and O–H groups in total. The van der Waals surface area contributed by atoms with Gasteiger partial charge in [0.1, 0.15) is 5.75 Å². The Hall–Kier alpha value is -3.15. The predicted octanol–water partition coefficient (Wildman–Crippen LogP) is -0.225. The van der Waals surface area contributed by atoms with Gasteiger partial charge in [0, 0.05) is 37.8 Å². The van der Waals surface area contributed by atoms with Gasteiger partial charge in [0.2, 0.25) is 5.91 Å². The molecule has 3 unspecified atom stereocenters. The lowest BCUT2D eigenvalue weighted by Crippen LogP contribution is -2.74. The number of fused-ring (bicyclic) bond motifs is 3. The monoisotopic (exact) mass is 542 g/mol. The number of phenols is 1. The van der Waals surface area contributed by atoms with Gasteiger partial charge in [-0.05, 0) is 57.6 Å². The van der Waals surface area contributed by atoms with E-state index in [1.807, 2.05) is 38.9 Å². The topological polar surface area (TPSA) is 162 Å². The molecule has 0 saturated heterocycles. The molecule has 2 fully saturated rings. The number of nitrogens with zero attached hydrogens (tertiary/aromatic N) is 3. The minimum atomic E-state index is -2.73. The Balaban J connectivity index is 1.88. The van der Waals surface area contributed by atoms with E-state index >= 15 is 0 Å². The Bertz CT molecular complexity index is 1250. The normalized spacial score (nSPS) is 30.3. The van der Waals surface area contributed by atoms with Crippen molar-refractivity contribution in [3.8, 4) is 5.75 Å². The van der Waals surface area contributed by atoms with Gasteiger partial charge >= 0.3 is 0 Å². The summed E-state index contributed by atoms with van der Waals surface area (Å²) in [5, 5.41) is 23.0. The number of nitrogens with two attached hydrogens (primary N) is 1. The zero-order valence-corrected chi connectivity index (χ0v) is 23.4. The molecule has 2 saturated carbocycles. The van der Waals surface area contributed by atoms with Crippen LogP contribution in [-0.2, 0) is 32.1 Å². The molecule has 0 heterocycles. The fraction of sp³-hybridized carbons (Fsp3) is 0.607. The molecule has 1 aromatic rings. The van der Waals surface area contributed by atoms with Crippen LogP contribution in [0.3, 0.4) is 0 Å². The van der Waals surface area contributed by atoms with Crippen molar-refractivity contribution in [2.45, 2.75) is 44.9 Å². The van der Waals surface area contributed by atoms with E-state index in [-0.39, 0.29) is 24.2 Å². The maximum absolute atomic E-state index is 14.0. The molecule has 6 atom stereocenters. The second-order valence-corrected chi connectivity index (χ2v) is 11.4. The first kappa shape index (κ1) is 28.8. The third-order valence-electron chi connectivity index (χ3n) is 8.89. The van der Waals surface area contributed by atoms with Crippen LogP contribution in [0.2, 0.25) is 0 Å². The van der Waals surface area contributed by atoms with Gasteiger partial charge in [0.05, 0.1) is 17.5 Å². The second-order valence-electron chi connectivity index (χ2n) is 11.4. The molecule has 39 heavy (non-hydrogen) atoms. The fourth-order valence-electron chi connectivity index (χ4n) is 6.91. The molecular formula is C28H38N4O7. The van der Waals surface area contributed by atoms with E-state index in [0.29, 0.717) is 17.7 Å². The van der Waals surface area contributed by atoms with Crippen molar-refractivity contribution in [1.29, 1.82) is 0 Å². The largest absolute Gasteiger partial charge is 0.507 e. The van der Waals surface area contributed by atoms with Gasteiger partial charge in [-0.25, -0.2) is 0 Å². The van der Waals surface area contributed by atoms with Gasteiger partial charge in [-0.2, -0.15) is 0 Å². The number of rotatable bonds is 7. The van der Waals surface area contributed by atoms with E-state index in [4.69, 9.17) is 5.73 Å².